The number of piperazine rings is 1. The zero-order valence-corrected chi connectivity index (χ0v) is 15.7. The molecule has 2 saturated heterocycles. The molecule has 2 heterocycles. The van der Waals surface area contributed by atoms with E-state index in [1.807, 2.05) is 6.07 Å². The molecule has 0 spiro atoms. The predicted octanol–water partition coefficient (Wildman–Crippen LogP) is -0.621. The van der Waals surface area contributed by atoms with Gasteiger partial charge in [-0.05, 0) is 18.6 Å². The summed E-state index contributed by atoms with van der Waals surface area (Å²) in [7, 11) is -3.82. The molecule has 2 N–H and O–H groups in total. The quantitative estimate of drug-likeness (QED) is 0.626. The van der Waals surface area contributed by atoms with E-state index in [9.17, 15) is 22.8 Å². The molecular weight excluding hydrogens is 386 g/mol. The topological polar surface area (TPSA) is 140 Å². The Labute approximate surface area is 162 Å². The van der Waals surface area contributed by atoms with Gasteiger partial charge in [-0.1, -0.05) is 12.1 Å². The highest BCUT2D eigenvalue weighted by Gasteiger charge is 2.33. The molecule has 2 aliphatic heterocycles. The van der Waals surface area contributed by atoms with Gasteiger partial charge < -0.3 is 10.2 Å². The van der Waals surface area contributed by atoms with Gasteiger partial charge in [0.2, 0.25) is 15.9 Å². The van der Waals surface area contributed by atoms with E-state index in [1.165, 1.54) is 21.3 Å². The van der Waals surface area contributed by atoms with Crippen molar-refractivity contribution >= 4 is 27.9 Å². The Morgan fingerprint density at radius 1 is 1.18 bits per heavy atom. The third-order valence-corrected chi connectivity index (χ3v) is 6.68. The van der Waals surface area contributed by atoms with Gasteiger partial charge in [-0.2, -0.15) is 9.57 Å². The largest absolute Gasteiger partial charge is 0.340 e. The molecule has 1 aromatic carbocycles. The molecule has 10 nitrogen and oxygen atoms in total. The lowest BCUT2D eigenvalue weighted by Gasteiger charge is -2.34. The number of imide groups is 1. The van der Waals surface area contributed by atoms with Crippen LogP contribution in [0.25, 0.3) is 0 Å². The molecule has 0 aromatic heterocycles. The van der Waals surface area contributed by atoms with Crippen molar-refractivity contribution < 1.29 is 22.8 Å². The average Bonchev–Trinajstić information content (AvgIpc) is 3.03. The molecular formula is C17H19N5O5S. The van der Waals surface area contributed by atoms with Gasteiger partial charge in [-0.15, -0.1) is 0 Å². The molecule has 1 aromatic rings. The number of benzene rings is 1. The lowest BCUT2D eigenvalue weighted by atomic mass is 10.1. The van der Waals surface area contributed by atoms with Gasteiger partial charge in [0.1, 0.15) is 12.1 Å². The first-order chi connectivity index (χ1) is 13.3. The predicted molar refractivity (Wildman–Crippen MR) is 96.2 cm³/mol. The number of nitrogens with one attached hydrogen (secondary N) is 2. The van der Waals surface area contributed by atoms with Crippen LogP contribution < -0.4 is 10.6 Å². The molecule has 3 rings (SSSR count). The Morgan fingerprint density at radius 2 is 1.86 bits per heavy atom. The molecule has 2 aliphatic rings. The summed E-state index contributed by atoms with van der Waals surface area (Å²) in [5.41, 5.74) is 0.0814. The van der Waals surface area contributed by atoms with Crippen LogP contribution in [0.4, 0.5) is 4.79 Å². The van der Waals surface area contributed by atoms with E-state index in [4.69, 9.17) is 5.26 Å². The Morgan fingerprint density at radius 3 is 2.46 bits per heavy atom. The van der Waals surface area contributed by atoms with E-state index in [-0.39, 0.29) is 55.4 Å². The van der Waals surface area contributed by atoms with Gasteiger partial charge in [0.25, 0.3) is 5.91 Å². The molecule has 28 heavy (non-hydrogen) atoms. The van der Waals surface area contributed by atoms with Crippen molar-refractivity contribution in [3.8, 4) is 6.07 Å². The van der Waals surface area contributed by atoms with Crippen LogP contribution >= 0.6 is 0 Å². The van der Waals surface area contributed by atoms with Crippen molar-refractivity contribution in [3.05, 3.63) is 29.8 Å². The summed E-state index contributed by atoms with van der Waals surface area (Å²) >= 11 is 0. The Balaban J connectivity index is 1.57. The summed E-state index contributed by atoms with van der Waals surface area (Å²) in [5, 5.41) is 13.7. The number of sulfonamides is 1. The number of hydrogen-bond donors (Lipinski definition) is 2. The van der Waals surface area contributed by atoms with Gasteiger partial charge in [-0.3, -0.25) is 14.9 Å². The molecule has 0 saturated carbocycles. The zero-order valence-electron chi connectivity index (χ0n) is 14.9. The van der Waals surface area contributed by atoms with Gasteiger partial charge in [0.15, 0.2) is 0 Å². The third kappa shape index (κ3) is 3.97. The second-order valence-electron chi connectivity index (χ2n) is 6.45. The van der Waals surface area contributed by atoms with E-state index in [2.05, 4.69) is 10.6 Å². The SMILES string of the molecule is N#Cc1ccccc1S(=O)(=O)N1CCN(C(=O)CCC2NC(=O)NC2=O)CC1. The minimum atomic E-state index is -3.82. The lowest BCUT2D eigenvalue weighted by molar-refractivity contribution is -0.132. The van der Waals surface area contributed by atoms with Crippen molar-refractivity contribution in [2.24, 2.45) is 0 Å². The maximum atomic E-state index is 12.8. The van der Waals surface area contributed by atoms with Crippen LogP contribution in [0.1, 0.15) is 18.4 Å². The number of carbonyl (C=O) groups excluding carboxylic acids is 3. The van der Waals surface area contributed by atoms with E-state index < -0.39 is 28.0 Å². The number of urea groups is 1. The van der Waals surface area contributed by atoms with Crippen LogP contribution in [0.2, 0.25) is 0 Å². The van der Waals surface area contributed by atoms with E-state index in [0.717, 1.165) is 0 Å². The molecule has 0 bridgehead atoms. The van der Waals surface area contributed by atoms with Crippen LogP contribution in [0, 0.1) is 11.3 Å². The fourth-order valence-corrected chi connectivity index (χ4v) is 4.75. The second kappa shape index (κ2) is 7.95. The van der Waals surface area contributed by atoms with Crippen LogP contribution in [-0.2, 0) is 19.6 Å². The standard InChI is InChI=1S/C17H19N5O5S/c18-11-12-3-1-2-4-14(12)28(26,27)22-9-7-21(8-10-22)15(23)6-5-13-16(24)20-17(25)19-13/h1-4,13H,5-10H2,(H2,19,20,24,25). The van der Waals surface area contributed by atoms with Gasteiger partial charge >= 0.3 is 6.03 Å². The van der Waals surface area contributed by atoms with Crippen LogP contribution in [0.3, 0.4) is 0 Å². The highest BCUT2D eigenvalue weighted by Crippen LogP contribution is 2.21. The van der Waals surface area contributed by atoms with Crippen LogP contribution in [0.15, 0.2) is 29.2 Å². The molecule has 148 valence electrons. The molecule has 4 amide bonds. The van der Waals surface area contributed by atoms with Crippen molar-refractivity contribution in [1.82, 2.24) is 19.8 Å². The fraction of sp³-hybridized carbons (Fsp3) is 0.412. The van der Waals surface area contributed by atoms with Gasteiger partial charge in [0.05, 0.1) is 10.5 Å². The van der Waals surface area contributed by atoms with E-state index >= 15 is 0 Å². The Hall–Kier alpha value is -2.97. The van der Waals surface area contributed by atoms with Gasteiger partial charge in [0, 0.05) is 32.6 Å². The number of rotatable bonds is 5. The fourth-order valence-electron chi connectivity index (χ4n) is 3.19. The first-order valence-electron chi connectivity index (χ1n) is 8.71. The summed E-state index contributed by atoms with van der Waals surface area (Å²) in [5.74, 6) is -0.659. The highest BCUT2D eigenvalue weighted by atomic mass is 32.2. The summed E-state index contributed by atoms with van der Waals surface area (Å²) in [6, 6.07) is 6.60. The van der Waals surface area contributed by atoms with Crippen molar-refractivity contribution in [3.63, 3.8) is 0 Å². The lowest BCUT2D eigenvalue weighted by Crippen LogP contribution is -2.50. The number of hydrogen-bond acceptors (Lipinski definition) is 6. The minimum absolute atomic E-state index is 0.0414. The Bertz CT molecular complexity index is 947. The first kappa shape index (κ1) is 19.8. The maximum Gasteiger partial charge on any atom is 0.322 e. The molecule has 0 radical (unpaired) electrons. The molecule has 11 heteroatoms. The average molecular weight is 405 g/mol. The highest BCUT2D eigenvalue weighted by molar-refractivity contribution is 7.89. The number of carbonyl (C=O) groups is 3. The smallest absolute Gasteiger partial charge is 0.322 e. The molecule has 2 fully saturated rings. The summed E-state index contributed by atoms with van der Waals surface area (Å²) in [6.45, 7) is 0.676. The van der Waals surface area contributed by atoms with Crippen molar-refractivity contribution in [1.29, 1.82) is 5.26 Å². The third-order valence-electron chi connectivity index (χ3n) is 4.72. The van der Waals surface area contributed by atoms with Crippen molar-refractivity contribution in [2.45, 2.75) is 23.8 Å². The number of amides is 4. The summed E-state index contributed by atoms with van der Waals surface area (Å²) < 4.78 is 26.9. The summed E-state index contributed by atoms with van der Waals surface area (Å²) in [4.78, 5) is 36.4. The molecule has 0 aliphatic carbocycles. The Kier molecular flexibility index (Phi) is 5.62. The summed E-state index contributed by atoms with van der Waals surface area (Å²) in [6.07, 6.45) is 0.257. The van der Waals surface area contributed by atoms with Gasteiger partial charge in [-0.25, -0.2) is 13.2 Å². The van der Waals surface area contributed by atoms with Crippen molar-refractivity contribution in [2.75, 3.05) is 26.2 Å². The zero-order chi connectivity index (χ0) is 20.3. The van der Waals surface area contributed by atoms with Crippen LogP contribution in [0.5, 0.6) is 0 Å². The monoisotopic (exact) mass is 405 g/mol. The second-order valence-corrected chi connectivity index (χ2v) is 8.35. The molecule has 1 unspecified atom stereocenters. The first-order valence-corrected chi connectivity index (χ1v) is 10.2. The van der Waals surface area contributed by atoms with E-state index in [0.29, 0.717) is 0 Å². The number of nitriles is 1. The number of nitrogens with zero attached hydrogens (tertiary/aromatic N) is 3. The normalized spacial score (nSPS) is 20.4. The maximum absolute atomic E-state index is 12.8. The minimum Gasteiger partial charge on any atom is -0.340 e. The van der Waals surface area contributed by atoms with E-state index in [1.54, 1.807) is 12.1 Å². The molecule has 1 atom stereocenters. The van der Waals surface area contributed by atoms with Crippen LogP contribution in [-0.4, -0.2) is 67.7 Å².